The first-order chi connectivity index (χ1) is 7.77. The molecule has 0 aliphatic carbocycles. The molecule has 16 heavy (non-hydrogen) atoms. The molecule has 4 heteroatoms. The maximum atomic E-state index is 11.8. The Bertz CT molecular complexity index is 499. The van der Waals surface area contributed by atoms with Crippen molar-refractivity contribution in [3.05, 3.63) is 59.4 Å². The molecule has 0 atom stereocenters. The number of nitrogens with one attached hydrogen (secondary N) is 1. The van der Waals surface area contributed by atoms with Crippen LogP contribution < -0.4 is 5.32 Å². The van der Waals surface area contributed by atoms with Crippen LogP contribution in [0.15, 0.2) is 48.8 Å². The molecule has 1 amide bonds. The fraction of sp³-hybridized carbons (Fsp3) is 0. The molecule has 3 nitrogen and oxygen atoms in total. The average molecular weight is 233 g/mol. The Kier molecular flexibility index (Phi) is 3.17. The number of hydrogen-bond acceptors (Lipinski definition) is 2. The zero-order chi connectivity index (χ0) is 11.4. The number of hydrogen-bond donors (Lipinski definition) is 1. The maximum Gasteiger partial charge on any atom is 0.257 e. The lowest BCUT2D eigenvalue weighted by Crippen LogP contribution is -2.12. The number of carbonyl (C=O) groups excluding carboxylic acids is 1. The van der Waals surface area contributed by atoms with Gasteiger partial charge in [0.25, 0.3) is 5.91 Å². The van der Waals surface area contributed by atoms with Crippen LogP contribution in [0.5, 0.6) is 0 Å². The molecule has 1 aromatic carbocycles. The summed E-state index contributed by atoms with van der Waals surface area (Å²) in [5.74, 6) is -0.221. The van der Waals surface area contributed by atoms with Crippen molar-refractivity contribution < 1.29 is 4.79 Å². The minimum absolute atomic E-state index is 0.221. The minimum atomic E-state index is -0.221. The van der Waals surface area contributed by atoms with Crippen molar-refractivity contribution in [1.29, 1.82) is 0 Å². The highest BCUT2D eigenvalue weighted by atomic mass is 35.5. The van der Waals surface area contributed by atoms with Crippen molar-refractivity contribution >= 4 is 23.2 Å². The predicted octanol–water partition coefficient (Wildman–Crippen LogP) is 2.99. The van der Waals surface area contributed by atoms with E-state index in [1.165, 1.54) is 6.20 Å². The van der Waals surface area contributed by atoms with Crippen molar-refractivity contribution in [2.45, 2.75) is 0 Å². The first-order valence-corrected chi connectivity index (χ1v) is 5.11. The standard InChI is InChI=1S/C12H9ClN2O/c13-10-5-1-2-6-11(10)15-12(16)9-4-3-7-14-8-9/h1-8H,(H,15,16). The molecule has 0 radical (unpaired) electrons. The fourth-order valence-corrected chi connectivity index (χ4v) is 1.44. The van der Waals surface area contributed by atoms with Gasteiger partial charge in [-0.3, -0.25) is 9.78 Å². The number of nitrogens with zero attached hydrogens (tertiary/aromatic N) is 1. The quantitative estimate of drug-likeness (QED) is 0.865. The van der Waals surface area contributed by atoms with Gasteiger partial charge in [0.1, 0.15) is 0 Å². The van der Waals surface area contributed by atoms with Crippen molar-refractivity contribution in [2.75, 3.05) is 5.32 Å². The summed E-state index contributed by atoms with van der Waals surface area (Å²) in [6, 6.07) is 10.5. The molecule has 0 saturated heterocycles. The second-order valence-corrected chi connectivity index (χ2v) is 3.58. The van der Waals surface area contributed by atoms with E-state index in [2.05, 4.69) is 10.3 Å². The molecule has 1 heterocycles. The number of anilines is 1. The van der Waals surface area contributed by atoms with E-state index in [0.29, 0.717) is 16.3 Å². The molecule has 0 aliphatic rings. The highest BCUT2D eigenvalue weighted by molar-refractivity contribution is 6.33. The third kappa shape index (κ3) is 2.38. The summed E-state index contributed by atoms with van der Waals surface area (Å²) in [5, 5.41) is 3.23. The van der Waals surface area contributed by atoms with E-state index < -0.39 is 0 Å². The normalized spacial score (nSPS) is 9.81. The molecule has 0 fully saturated rings. The van der Waals surface area contributed by atoms with Gasteiger partial charge < -0.3 is 5.32 Å². The van der Waals surface area contributed by atoms with E-state index >= 15 is 0 Å². The van der Waals surface area contributed by atoms with Crippen LogP contribution in [0.4, 0.5) is 5.69 Å². The zero-order valence-electron chi connectivity index (χ0n) is 8.35. The highest BCUT2D eigenvalue weighted by Crippen LogP contribution is 2.20. The van der Waals surface area contributed by atoms with Crippen LogP contribution in [-0.4, -0.2) is 10.9 Å². The maximum absolute atomic E-state index is 11.8. The Balaban J connectivity index is 2.18. The molecule has 0 aliphatic heterocycles. The number of benzene rings is 1. The van der Waals surface area contributed by atoms with E-state index in [9.17, 15) is 4.79 Å². The van der Waals surface area contributed by atoms with Crippen molar-refractivity contribution in [3.8, 4) is 0 Å². The number of pyridine rings is 1. The lowest BCUT2D eigenvalue weighted by molar-refractivity contribution is 0.102. The predicted molar refractivity (Wildman–Crippen MR) is 63.6 cm³/mol. The monoisotopic (exact) mass is 232 g/mol. The van der Waals surface area contributed by atoms with Gasteiger partial charge in [0.15, 0.2) is 0 Å². The number of para-hydroxylation sites is 1. The van der Waals surface area contributed by atoms with E-state index in [4.69, 9.17) is 11.6 Å². The number of halogens is 1. The van der Waals surface area contributed by atoms with E-state index in [1.54, 1.807) is 30.5 Å². The summed E-state index contributed by atoms with van der Waals surface area (Å²) in [6.07, 6.45) is 3.12. The molecule has 2 rings (SSSR count). The first-order valence-electron chi connectivity index (χ1n) is 4.73. The van der Waals surface area contributed by atoms with Gasteiger partial charge in [-0.15, -0.1) is 0 Å². The lowest BCUT2D eigenvalue weighted by Gasteiger charge is -2.06. The minimum Gasteiger partial charge on any atom is -0.321 e. The summed E-state index contributed by atoms with van der Waals surface area (Å²) < 4.78 is 0. The van der Waals surface area contributed by atoms with Gasteiger partial charge in [0.05, 0.1) is 16.3 Å². The molecule has 1 N–H and O–H groups in total. The van der Waals surface area contributed by atoms with Gasteiger partial charge in [0.2, 0.25) is 0 Å². The van der Waals surface area contributed by atoms with Crippen LogP contribution in [0, 0.1) is 0 Å². The smallest absolute Gasteiger partial charge is 0.257 e. The van der Waals surface area contributed by atoms with Crippen molar-refractivity contribution in [1.82, 2.24) is 4.98 Å². The van der Waals surface area contributed by atoms with Crippen LogP contribution in [0.2, 0.25) is 5.02 Å². The number of carbonyl (C=O) groups is 1. The Hall–Kier alpha value is -1.87. The molecule has 0 spiro atoms. The van der Waals surface area contributed by atoms with Gasteiger partial charge in [-0.2, -0.15) is 0 Å². The largest absolute Gasteiger partial charge is 0.321 e. The van der Waals surface area contributed by atoms with Gasteiger partial charge >= 0.3 is 0 Å². The topological polar surface area (TPSA) is 42.0 Å². The van der Waals surface area contributed by atoms with Crippen molar-refractivity contribution in [3.63, 3.8) is 0 Å². The van der Waals surface area contributed by atoms with Crippen LogP contribution >= 0.6 is 11.6 Å². The summed E-state index contributed by atoms with van der Waals surface area (Å²) in [7, 11) is 0. The summed E-state index contributed by atoms with van der Waals surface area (Å²) in [5.41, 5.74) is 1.10. The van der Waals surface area contributed by atoms with Crippen LogP contribution in [0.25, 0.3) is 0 Å². The van der Waals surface area contributed by atoms with E-state index in [-0.39, 0.29) is 5.91 Å². The zero-order valence-corrected chi connectivity index (χ0v) is 9.11. The SMILES string of the molecule is O=C(Nc1ccccc1Cl)c1cccnc1. The average Bonchev–Trinajstić information content (AvgIpc) is 2.33. The van der Waals surface area contributed by atoms with Crippen LogP contribution in [0.3, 0.4) is 0 Å². The third-order valence-corrected chi connectivity index (χ3v) is 2.38. The van der Waals surface area contributed by atoms with Gasteiger partial charge in [-0.25, -0.2) is 0 Å². The molecule has 1 aromatic heterocycles. The summed E-state index contributed by atoms with van der Waals surface area (Å²) >= 11 is 5.93. The van der Waals surface area contributed by atoms with Crippen LogP contribution in [-0.2, 0) is 0 Å². The van der Waals surface area contributed by atoms with Crippen LogP contribution in [0.1, 0.15) is 10.4 Å². The third-order valence-electron chi connectivity index (χ3n) is 2.05. The van der Waals surface area contributed by atoms with E-state index in [1.807, 2.05) is 12.1 Å². The number of rotatable bonds is 2. The molecule has 2 aromatic rings. The van der Waals surface area contributed by atoms with Crippen molar-refractivity contribution in [2.24, 2.45) is 0 Å². The Morgan fingerprint density at radius 3 is 2.69 bits per heavy atom. The first kappa shape index (κ1) is 10.6. The second kappa shape index (κ2) is 4.77. The molecule has 0 unspecified atom stereocenters. The lowest BCUT2D eigenvalue weighted by atomic mass is 10.2. The fourth-order valence-electron chi connectivity index (χ4n) is 1.25. The summed E-state index contributed by atoms with van der Waals surface area (Å²) in [6.45, 7) is 0. The van der Waals surface area contributed by atoms with Gasteiger partial charge in [-0.05, 0) is 24.3 Å². The molecule has 80 valence electrons. The molecule has 0 saturated carbocycles. The molecule has 0 bridgehead atoms. The van der Waals surface area contributed by atoms with Gasteiger partial charge in [0, 0.05) is 12.4 Å². The highest BCUT2D eigenvalue weighted by Gasteiger charge is 2.07. The Morgan fingerprint density at radius 2 is 2.00 bits per heavy atom. The van der Waals surface area contributed by atoms with E-state index in [0.717, 1.165) is 0 Å². The Morgan fingerprint density at radius 1 is 1.19 bits per heavy atom. The number of amides is 1. The molecular weight excluding hydrogens is 224 g/mol. The van der Waals surface area contributed by atoms with Gasteiger partial charge in [-0.1, -0.05) is 23.7 Å². The second-order valence-electron chi connectivity index (χ2n) is 3.18. The number of aromatic nitrogens is 1. The molecular formula is C12H9ClN2O. The summed E-state index contributed by atoms with van der Waals surface area (Å²) in [4.78, 5) is 15.6. The Labute approximate surface area is 98.1 Å².